The van der Waals surface area contributed by atoms with E-state index in [1.807, 2.05) is 6.92 Å². The molecule has 1 heterocycles. The van der Waals surface area contributed by atoms with E-state index >= 15 is 0 Å². The summed E-state index contributed by atoms with van der Waals surface area (Å²) in [6.45, 7) is 3.78. The first-order chi connectivity index (χ1) is 10.4. The van der Waals surface area contributed by atoms with Crippen molar-refractivity contribution in [2.24, 2.45) is 5.92 Å². The van der Waals surface area contributed by atoms with Crippen LogP contribution in [0.15, 0.2) is 18.2 Å². The fourth-order valence-electron chi connectivity index (χ4n) is 2.37. The predicted molar refractivity (Wildman–Crippen MR) is 84.9 cm³/mol. The van der Waals surface area contributed by atoms with Crippen LogP contribution in [0.3, 0.4) is 0 Å². The minimum atomic E-state index is -0.905. The summed E-state index contributed by atoms with van der Waals surface area (Å²) >= 11 is 1.29. The highest BCUT2D eigenvalue weighted by Gasteiger charge is 2.20. The number of amides is 1. The fourth-order valence-corrected chi connectivity index (χ4v) is 3.47. The highest BCUT2D eigenvalue weighted by atomic mass is 32.1. The maximum Gasteiger partial charge on any atom is 0.308 e. The highest BCUT2D eigenvalue weighted by molar-refractivity contribution is 7.21. The number of nitrogens with one attached hydrogen (secondary N) is 1. The molecule has 0 saturated carbocycles. The van der Waals surface area contributed by atoms with E-state index in [9.17, 15) is 14.0 Å². The predicted octanol–water partition coefficient (Wildman–Crippen LogP) is 3.58. The van der Waals surface area contributed by atoms with Gasteiger partial charge in [0, 0.05) is 11.2 Å². The number of carboxylic acids is 1. The number of carboxylic acid groups (broad SMARTS) is 1. The van der Waals surface area contributed by atoms with Crippen molar-refractivity contribution in [3.8, 4) is 0 Å². The van der Waals surface area contributed by atoms with E-state index in [-0.39, 0.29) is 18.3 Å². The molecule has 6 heteroatoms. The van der Waals surface area contributed by atoms with Crippen molar-refractivity contribution in [2.75, 3.05) is 6.54 Å². The summed E-state index contributed by atoms with van der Waals surface area (Å²) < 4.78 is 14.1. The molecular weight excluding hydrogens is 305 g/mol. The standard InChI is InChI=1S/C16H18FNO3S/c1-3-4-10(16(20)21)8-18-15(19)14-9(2)12-7-11(17)5-6-13(12)22-14/h5-7,10H,3-4,8H2,1-2H3,(H,18,19)(H,20,21). The molecule has 1 aromatic heterocycles. The molecule has 1 aromatic carbocycles. The lowest BCUT2D eigenvalue weighted by molar-refractivity contribution is -0.141. The molecule has 2 N–H and O–H groups in total. The van der Waals surface area contributed by atoms with Crippen LogP contribution in [0.5, 0.6) is 0 Å². The monoisotopic (exact) mass is 323 g/mol. The van der Waals surface area contributed by atoms with Crippen molar-refractivity contribution in [3.05, 3.63) is 34.5 Å². The number of rotatable bonds is 6. The summed E-state index contributed by atoms with van der Waals surface area (Å²) in [5.41, 5.74) is 0.722. The second kappa shape index (κ2) is 6.87. The molecule has 0 spiro atoms. The maximum absolute atomic E-state index is 13.3. The Balaban J connectivity index is 2.16. The van der Waals surface area contributed by atoms with E-state index in [2.05, 4.69) is 5.32 Å². The van der Waals surface area contributed by atoms with Crippen molar-refractivity contribution in [3.63, 3.8) is 0 Å². The van der Waals surface area contributed by atoms with Gasteiger partial charge in [0.15, 0.2) is 0 Å². The molecule has 0 aliphatic carbocycles. The zero-order chi connectivity index (χ0) is 16.3. The van der Waals surface area contributed by atoms with Crippen LogP contribution in [0, 0.1) is 18.7 Å². The molecule has 22 heavy (non-hydrogen) atoms. The van der Waals surface area contributed by atoms with E-state index in [0.717, 1.165) is 22.1 Å². The Bertz CT molecular complexity index is 711. The van der Waals surface area contributed by atoms with Gasteiger partial charge in [0.25, 0.3) is 5.91 Å². The van der Waals surface area contributed by atoms with Crippen LogP contribution >= 0.6 is 11.3 Å². The molecule has 0 saturated heterocycles. The number of halogens is 1. The number of carbonyl (C=O) groups is 2. The average molecular weight is 323 g/mol. The van der Waals surface area contributed by atoms with Gasteiger partial charge in [0.05, 0.1) is 10.8 Å². The van der Waals surface area contributed by atoms with Crippen molar-refractivity contribution in [2.45, 2.75) is 26.7 Å². The topological polar surface area (TPSA) is 66.4 Å². The number of aryl methyl sites for hydroxylation is 1. The molecule has 1 unspecified atom stereocenters. The fraction of sp³-hybridized carbons (Fsp3) is 0.375. The van der Waals surface area contributed by atoms with Crippen LogP contribution in [-0.2, 0) is 4.79 Å². The third kappa shape index (κ3) is 3.44. The summed E-state index contributed by atoms with van der Waals surface area (Å²) in [4.78, 5) is 23.9. The third-order valence-corrected chi connectivity index (χ3v) is 4.87. The van der Waals surface area contributed by atoms with Gasteiger partial charge in [-0.05, 0) is 42.5 Å². The average Bonchev–Trinajstić information content (AvgIpc) is 2.80. The Labute approximate surface area is 132 Å². The van der Waals surface area contributed by atoms with E-state index < -0.39 is 11.9 Å². The van der Waals surface area contributed by atoms with Gasteiger partial charge in [-0.15, -0.1) is 11.3 Å². The van der Waals surface area contributed by atoms with E-state index in [1.165, 1.54) is 23.5 Å². The zero-order valence-corrected chi connectivity index (χ0v) is 13.3. The summed E-state index contributed by atoms with van der Waals surface area (Å²) in [6.07, 6.45) is 1.26. The maximum atomic E-state index is 13.3. The first-order valence-electron chi connectivity index (χ1n) is 7.13. The number of thiophene rings is 1. The van der Waals surface area contributed by atoms with Gasteiger partial charge in [-0.1, -0.05) is 13.3 Å². The van der Waals surface area contributed by atoms with Gasteiger partial charge >= 0.3 is 5.97 Å². The molecule has 1 amide bonds. The number of hydrogen-bond acceptors (Lipinski definition) is 3. The van der Waals surface area contributed by atoms with Crippen molar-refractivity contribution < 1.29 is 19.1 Å². The number of hydrogen-bond donors (Lipinski definition) is 2. The Morgan fingerprint density at radius 2 is 2.14 bits per heavy atom. The second-order valence-electron chi connectivity index (χ2n) is 5.23. The highest BCUT2D eigenvalue weighted by Crippen LogP contribution is 2.31. The number of fused-ring (bicyclic) bond motifs is 1. The van der Waals surface area contributed by atoms with Crippen molar-refractivity contribution in [1.29, 1.82) is 0 Å². The summed E-state index contributed by atoms with van der Waals surface area (Å²) in [5.74, 6) is -2.13. The van der Waals surface area contributed by atoms with Crippen LogP contribution < -0.4 is 5.32 Å². The van der Waals surface area contributed by atoms with Gasteiger partial charge in [-0.3, -0.25) is 9.59 Å². The first kappa shape index (κ1) is 16.4. The van der Waals surface area contributed by atoms with Gasteiger partial charge in [-0.2, -0.15) is 0 Å². The van der Waals surface area contributed by atoms with Gasteiger partial charge in [0.2, 0.25) is 0 Å². The Hall–Kier alpha value is -1.95. The van der Waals surface area contributed by atoms with Crippen LogP contribution in [0.1, 0.15) is 35.0 Å². The first-order valence-corrected chi connectivity index (χ1v) is 7.95. The third-order valence-electron chi connectivity index (χ3n) is 3.60. The lowest BCUT2D eigenvalue weighted by atomic mass is 10.0. The smallest absolute Gasteiger partial charge is 0.308 e. The quantitative estimate of drug-likeness (QED) is 0.854. The summed E-state index contributed by atoms with van der Waals surface area (Å²) in [7, 11) is 0. The van der Waals surface area contributed by atoms with Crippen LogP contribution in [0.2, 0.25) is 0 Å². The Morgan fingerprint density at radius 1 is 1.41 bits per heavy atom. The Morgan fingerprint density at radius 3 is 2.77 bits per heavy atom. The summed E-state index contributed by atoms with van der Waals surface area (Å²) in [5, 5.41) is 12.5. The van der Waals surface area contributed by atoms with Crippen LogP contribution in [0.4, 0.5) is 4.39 Å². The number of benzene rings is 1. The molecular formula is C16H18FNO3S. The van der Waals surface area contributed by atoms with E-state index in [0.29, 0.717) is 11.3 Å². The van der Waals surface area contributed by atoms with Gasteiger partial charge < -0.3 is 10.4 Å². The lowest BCUT2D eigenvalue weighted by Crippen LogP contribution is -2.32. The largest absolute Gasteiger partial charge is 0.481 e. The van der Waals surface area contributed by atoms with Gasteiger partial charge in [0.1, 0.15) is 5.82 Å². The Kier molecular flexibility index (Phi) is 5.13. The molecule has 0 fully saturated rings. The molecule has 4 nitrogen and oxygen atoms in total. The zero-order valence-electron chi connectivity index (χ0n) is 12.5. The molecule has 118 valence electrons. The minimum Gasteiger partial charge on any atom is -0.481 e. The molecule has 2 aromatic rings. The minimum absolute atomic E-state index is 0.101. The molecule has 1 atom stereocenters. The van der Waals surface area contributed by atoms with Crippen LogP contribution in [-0.4, -0.2) is 23.5 Å². The SMILES string of the molecule is CCCC(CNC(=O)c1sc2ccc(F)cc2c1C)C(=O)O. The van der Waals surface area contributed by atoms with E-state index in [4.69, 9.17) is 5.11 Å². The second-order valence-corrected chi connectivity index (χ2v) is 6.28. The van der Waals surface area contributed by atoms with Crippen molar-refractivity contribution >= 4 is 33.3 Å². The normalized spacial score (nSPS) is 12.3. The molecule has 0 aliphatic heterocycles. The molecule has 0 radical (unpaired) electrons. The molecule has 0 aliphatic rings. The number of carbonyl (C=O) groups excluding carboxylic acids is 1. The van der Waals surface area contributed by atoms with E-state index in [1.54, 1.807) is 13.0 Å². The number of aliphatic carboxylic acids is 1. The summed E-state index contributed by atoms with van der Waals surface area (Å²) in [6, 6.07) is 4.42. The van der Waals surface area contributed by atoms with Gasteiger partial charge in [-0.25, -0.2) is 4.39 Å². The lowest BCUT2D eigenvalue weighted by Gasteiger charge is -2.12. The van der Waals surface area contributed by atoms with Crippen molar-refractivity contribution in [1.82, 2.24) is 5.32 Å². The van der Waals surface area contributed by atoms with Crippen LogP contribution in [0.25, 0.3) is 10.1 Å². The molecule has 2 rings (SSSR count). The molecule has 0 bridgehead atoms.